The second-order valence-electron chi connectivity index (χ2n) is 11.7. The first kappa shape index (κ1) is 26.6. The lowest BCUT2D eigenvalue weighted by Crippen LogP contribution is -2.63. The summed E-state index contributed by atoms with van der Waals surface area (Å²) < 4.78 is 16.2. The average molecular weight is 546 g/mol. The SMILES string of the molecule is CCN(C(=O)c1cc(F)ccc1-n1cc(C(=O)C2CN(C(=O)[C@@H]3NC4CCC3CC4)C2)c2ccncc21)C(C)C. The van der Waals surface area contributed by atoms with Crippen molar-refractivity contribution in [3.8, 4) is 5.69 Å². The fourth-order valence-corrected chi connectivity index (χ4v) is 6.78. The highest BCUT2D eigenvalue weighted by atomic mass is 19.1. The van der Waals surface area contributed by atoms with Crippen molar-refractivity contribution in [3.05, 3.63) is 59.8 Å². The summed E-state index contributed by atoms with van der Waals surface area (Å²) in [5.41, 5.74) is 1.90. The number of fused-ring (bicyclic) bond motifs is 4. The van der Waals surface area contributed by atoms with Gasteiger partial charge in [0, 0.05) is 55.1 Å². The molecule has 5 heterocycles. The number of hydrogen-bond acceptors (Lipinski definition) is 5. The third kappa shape index (κ3) is 4.50. The molecule has 0 unspecified atom stereocenters. The highest BCUT2D eigenvalue weighted by molar-refractivity contribution is 6.10. The van der Waals surface area contributed by atoms with Gasteiger partial charge in [0.15, 0.2) is 5.78 Å². The fraction of sp³-hybridized carbons (Fsp3) is 0.484. The number of likely N-dealkylation sites (tertiary alicyclic amines) is 1. The first-order valence-electron chi connectivity index (χ1n) is 14.4. The van der Waals surface area contributed by atoms with E-state index in [1.165, 1.54) is 12.1 Å². The van der Waals surface area contributed by atoms with E-state index in [0.717, 1.165) is 31.1 Å². The Hall–Kier alpha value is -3.59. The Morgan fingerprint density at radius 2 is 1.85 bits per heavy atom. The standard InChI is InChI=1S/C31H36FN5O3/c1-4-36(18(2)3)30(39)24-13-21(32)7-10-26(24)37-17-25(23-11-12-33-14-27(23)37)29(38)20-15-35(16-20)31(40)28-19-5-8-22(34-28)9-6-19/h7,10-14,17-20,22,28,34H,4-6,8-9,15-16H2,1-3H3/t19?,22?,28-/m1/s1. The quantitative estimate of drug-likeness (QED) is 0.450. The molecule has 2 amide bonds. The molecule has 7 rings (SSSR count). The number of aromatic nitrogens is 2. The molecule has 3 aliphatic heterocycles. The third-order valence-electron chi connectivity index (χ3n) is 9.04. The van der Waals surface area contributed by atoms with Crippen molar-refractivity contribution in [2.24, 2.45) is 11.8 Å². The van der Waals surface area contributed by atoms with Crippen molar-refractivity contribution in [1.82, 2.24) is 24.7 Å². The maximum atomic E-state index is 14.4. The van der Waals surface area contributed by atoms with Crippen molar-refractivity contribution in [3.63, 3.8) is 0 Å². The van der Waals surface area contributed by atoms with E-state index in [4.69, 9.17) is 0 Å². The number of pyridine rings is 1. The van der Waals surface area contributed by atoms with Gasteiger partial charge >= 0.3 is 0 Å². The Labute approximate surface area is 233 Å². The van der Waals surface area contributed by atoms with Crippen molar-refractivity contribution in [2.45, 2.75) is 64.6 Å². The van der Waals surface area contributed by atoms with Gasteiger partial charge in [-0.05, 0) is 76.6 Å². The molecule has 210 valence electrons. The van der Waals surface area contributed by atoms with Crippen LogP contribution in [0.4, 0.5) is 4.39 Å². The Morgan fingerprint density at radius 3 is 2.50 bits per heavy atom. The molecule has 1 aliphatic carbocycles. The number of piperidine rings is 2. The van der Waals surface area contributed by atoms with E-state index in [-0.39, 0.29) is 41.2 Å². The summed E-state index contributed by atoms with van der Waals surface area (Å²) in [6.07, 6.45) is 9.50. The maximum Gasteiger partial charge on any atom is 0.256 e. The monoisotopic (exact) mass is 545 g/mol. The summed E-state index contributed by atoms with van der Waals surface area (Å²) in [5.74, 6) is -0.594. The summed E-state index contributed by atoms with van der Waals surface area (Å²) in [6.45, 7) is 7.04. The molecule has 1 atom stereocenters. The zero-order valence-electron chi connectivity index (χ0n) is 23.3. The van der Waals surface area contributed by atoms with Crippen molar-refractivity contribution < 1.29 is 18.8 Å². The lowest BCUT2D eigenvalue weighted by atomic mass is 9.75. The fourth-order valence-electron chi connectivity index (χ4n) is 6.78. The molecule has 1 saturated carbocycles. The highest BCUT2D eigenvalue weighted by Crippen LogP contribution is 2.36. The Morgan fingerprint density at radius 1 is 1.10 bits per heavy atom. The van der Waals surface area contributed by atoms with Crippen LogP contribution >= 0.6 is 0 Å². The van der Waals surface area contributed by atoms with Gasteiger partial charge in [-0.25, -0.2) is 4.39 Å². The molecule has 1 N–H and O–H groups in total. The van der Waals surface area contributed by atoms with Gasteiger partial charge in [-0.1, -0.05) is 0 Å². The molecule has 4 aliphatic rings. The largest absolute Gasteiger partial charge is 0.340 e. The lowest BCUT2D eigenvalue weighted by molar-refractivity contribution is -0.142. The summed E-state index contributed by atoms with van der Waals surface area (Å²) in [4.78, 5) is 48.2. The van der Waals surface area contributed by atoms with Crippen molar-refractivity contribution >= 4 is 28.5 Å². The molecule has 0 radical (unpaired) electrons. The van der Waals surface area contributed by atoms with Gasteiger partial charge in [0.1, 0.15) is 5.82 Å². The molecule has 3 saturated heterocycles. The van der Waals surface area contributed by atoms with Gasteiger partial charge < -0.3 is 19.7 Å². The first-order valence-corrected chi connectivity index (χ1v) is 14.4. The normalized spacial score (nSPS) is 22.5. The zero-order chi connectivity index (χ0) is 28.1. The van der Waals surface area contributed by atoms with E-state index in [1.807, 2.05) is 25.7 Å². The molecule has 2 aromatic heterocycles. The number of ketones is 1. The number of hydrogen-bond donors (Lipinski definition) is 1. The summed E-state index contributed by atoms with van der Waals surface area (Å²) in [6, 6.07) is 6.20. The van der Waals surface area contributed by atoms with Crippen molar-refractivity contribution in [1.29, 1.82) is 0 Å². The lowest BCUT2D eigenvalue weighted by Gasteiger charge is -2.47. The topological polar surface area (TPSA) is 87.5 Å². The summed E-state index contributed by atoms with van der Waals surface area (Å²) in [5, 5.41) is 4.23. The number of amides is 2. The average Bonchev–Trinajstić information content (AvgIpc) is 3.32. The molecule has 4 fully saturated rings. The van der Waals surface area contributed by atoms with Gasteiger partial charge in [-0.15, -0.1) is 0 Å². The van der Waals surface area contributed by atoms with Gasteiger partial charge in [-0.3, -0.25) is 19.4 Å². The van der Waals surface area contributed by atoms with Gasteiger partial charge in [-0.2, -0.15) is 0 Å². The van der Waals surface area contributed by atoms with E-state index in [0.29, 0.717) is 48.4 Å². The molecule has 0 spiro atoms. The van der Waals surface area contributed by atoms with Gasteiger partial charge in [0.25, 0.3) is 5.91 Å². The predicted molar refractivity (Wildman–Crippen MR) is 150 cm³/mol. The number of Topliss-reactive ketones (excluding diaryl/α,β-unsaturated/α-hetero) is 1. The molecular weight excluding hydrogens is 509 g/mol. The minimum absolute atomic E-state index is 0.0375. The number of nitrogens with zero attached hydrogens (tertiary/aromatic N) is 4. The molecular formula is C31H36FN5O3. The van der Waals surface area contributed by atoms with Crippen LogP contribution in [0.1, 0.15) is 67.2 Å². The minimum atomic E-state index is -0.502. The van der Waals surface area contributed by atoms with Crippen LogP contribution < -0.4 is 5.32 Å². The number of carbonyl (C=O) groups excluding carboxylic acids is 3. The highest BCUT2D eigenvalue weighted by Gasteiger charge is 2.45. The van der Waals surface area contributed by atoms with E-state index in [2.05, 4.69) is 10.3 Å². The van der Waals surface area contributed by atoms with Crippen LogP contribution in [0, 0.1) is 17.7 Å². The van der Waals surface area contributed by atoms with Crippen LogP contribution in [0.2, 0.25) is 0 Å². The van der Waals surface area contributed by atoms with E-state index in [1.54, 1.807) is 40.2 Å². The third-order valence-corrected chi connectivity index (χ3v) is 9.04. The molecule has 9 heteroatoms. The Balaban J connectivity index is 1.28. The van der Waals surface area contributed by atoms with Crippen molar-refractivity contribution in [2.75, 3.05) is 19.6 Å². The molecule has 3 aromatic rings. The number of nitrogens with one attached hydrogen (secondary N) is 1. The van der Waals surface area contributed by atoms with Crippen LogP contribution in [-0.2, 0) is 4.79 Å². The molecule has 40 heavy (non-hydrogen) atoms. The maximum absolute atomic E-state index is 14.4. The number of carbonyl (C=O) groups is 3. The Bertz CT molecular complexity index is 1470. The van der Waals surface area contributed by atoms with Crippen LogP contribution in [-0.4, -0.2) is 74.7 Å². The van der Waals surface area contributed by atoms with E-state index >= 15 is 0 Å². The zero-order valence-corrected chi connectivity index (χ0v) is 23.3. The smallest absolute Gasteiger partial charge is 0.256 e. The number of rotatable bonds is 7. The van der Waals surface area contributed by atoms with Crippen LogP contribution in [0.25, 0.3) is 16.6 Å². The molecule has 8 nitrogen and oxygen atoms in total. The number of halogens is 1. The Kier molecular flexibility index (Phi) is 6.94. The van der Waals surface area contributed by atoms with E-state index in [9.17, 15) is 18.8 Å². The van der Waals surface area contributed by atoms with Gasteiger partial charge in [0.05, 0.1) is 34.9 Å². The van der Waals surface area contributed by atoms with Crippen LogP contribution in [0.3, 0.4) is 0 Å². The summed E-state index contributed by atoms with van der Waals surface area (Å²) >= 11 is 0. The summed E-state index contributed by atoms with van der Waals surface area (Å²) in [7, 11) is 0. The second-order valence-corrected chi connectivity index (χ2v) is 11.7. The first-order chi connectivity index (χ1) is 19.3. The van der Waals surface area contributed by atoms with Crippen LogP contribution in [0.15, 0.2) is 42.9 Å². The molecule has 1 aromatic carbocycles. The molecule has 2 bridgehead atoms. The predicted octanol–water partition coefficient (Wildman–Crippen LogP) is 4.21. The second kappa shape index (κ2) is 10.4. The van der Waals surface area contributed by atoms with E-state index < -0.39 is 5.82 Å². The van der Waals surface area contributed by atoms with Crippen LogP contribution in [0.5, 0.6) is 0 Å². The minimum Gasteiger partial charge on any atom is -0.340 e. The van der Waals surface area contributed by atoms with Gasteiger partial charge in [0.2, 0.25) is 5.91 Å². The number of benzene rings is 1.